The van der Waals surface area contributed by atoms with E-state index in [0.29, 0.717) is 12.1 Å². The van der Waals surface area contributed by atoms with Crippen molar-refractivity contribution in [3.05, 3.63) is 47.1 Å². The number of halogens is 2. The lowest BCUT2D eigenvalue weighted by molar-refractivity contribution is 0.290. The summed E-state index contributed by atoms with van der Waals surface area (Å²) < 4.78 is 33.5. The highest BCUT2D eigenvalue weighted by molar-refractivity contribution is 5.47. The second kappa shape index (κ2) is 5.33. The molecule has 1 aromatic carbocycles. The molecule has 0 fully saturated rings. The summed E-state index contributed by atoms with van der Waals surface area (Å²) in [7, 11) is 1.96. The number of likely N-dealkylation sites (N-methyl/N-ethyl adjacent to an activating group) is 1. The fraction of sp³-hybridized carbons (Fsp3) is 0.375. The van der Waals surface area contributed by atoms with Crippen molar-refractivity contribution in [1.82, 2.24) is 9.55 Å². The molecule has 0 radical (unpaired) electrons. The minimum absolute atomic E-state index is 0.0558. The Balaban J connectivity index is 1.83. The number of ether oxygens (including phenoxy) is 1. The van der Waals surface area contributed by atoms with Crippen LogP contribution in [0.3, 0.4) is 0 Å². The number of fused-ring (bicyclic) bond motifs is 1. The Bertz CT molecular complexity index is 816. The van der Waals surface area contributed by atoms with Gasteiger partial charge in [-0.1, -0.05) is 6.07 Å². The average molecular weight is 320 g/mol. The number of hydrogen-bond donors (Lipinski definition) is 1. The summed E-state index contributed by atoms with van der Waals surface area (Å²) in [6.45, 7) is 4.90. The number of aromatic nitrogens is 2. The minimum Gasteiger partial charge on any atom is -0.473 e. The SMILES string of the molecule is CN1c2cc(OCc3ccc(F)c(F)c3)nc(=N)n2CC1(C)C. The molecule has 5 nitrogen and oxygen atoms in total. The normalized spacial score (nSPS) is 15.6. The fourth-order valence-electron chi connectivity index (χ4n) is 2.59. The Morgan fingerprint density at radius 1 is 1.26 bits per heavy atom. The number of nitrogens with one attached hydrogen (secondary N) is 1. The minimum atomic E-state index is -0.911. The maximum Gasteiger partial charge on any atom is 0.226 e. The number of nitrogens with zero attached hydrogens (tertiary/aromatic N) is 3. The van der Waals surface area contributed by atoms with E-state index in [-0.39, 0.29) is 23.6 Å². The highest BCUT2D eigenvalue weighted by atomic mass is 19.2. The largest absolute Gasteiger partial charge is 0.473 e. The molecule has 0 spiro atoms. The molecule has 1 aliphatic heterocycles. The summed E-state index contributed by atoms with van der Waals surface area (Å²) in [4.78, 5) is 6.18. The van der Waals surface area contributed by atoms with E-state index in [9.17, 15) is 8.78 Å². The van der Waals surface area contributed by atoms with Crippen molar-refractivity contribution in [2.75, 3.05) is 11.9 Å². The summed E-state index contributed by atoms with van der Waals surface area (Å²) in [6.07, 6.45) is 0. The van der Waals surface area contributed by atoms with Crippen LogP contribution in [-0.4, -0.2) is 22.1 Å². The molecule has 1 aliphatic rings. The van der Waals surface area contributed by atoms with Crippen LogP contribution in [0.1, 0.15) is 19.4 Å². The van der Waals surface area contributed by atoms with Crippen LogP contribution < -0.4 is 15.3 Å². The number of anilines is 1. The quantitative estimate of drug-likeness (QED) is 0.945. The van der Waals surface area contributed by atoms with Crippen LogP contribution in [0, 0.1) is 17.0 Å². The number of benzene rings is 1. The van der Waals surface area contributed by atoms with E-state index in [1.54, 1.807) is 6.07 Å². The third-order valence-electron chi connectivity index (χ3n) is 4.17. The third-order valence-corrected chi connectivity index (χ3v) is 4.17. The molecule has 0 saturated heterocycles. The van der Waals surface area contributed by atoms with Gasteiger partial charge in [0.2, 0.25) is 11.5 Å². The van der Waals surface area contributed by atoms with Gasteiger partial charge < -0.3 is 9.64 Å². The van der Waals surface area contributed by atoms with E-state index in [1.807, 2.05) is 11.6 Å². The van der Waals surface area contributed by atoms with Gasteiger partial charge in [-0.25, -0.2) is 8.78 Å². The highest BCUT2D eigenvalue weighted by Crippen LogP contribution is 2.31. The molecule has 0 amide bonds. The van der Waals surface area contributed by atoms with Gasteiger partial charge in [-0.2, -0.15) is 4.98 Å². The average Bonchev–Trinajstić information content (AvgIpc) is 2.72. The smallest absolute Gasteiger partial charge is 0.226 e. The topological polar surface area (TPSA) is 54.1 Å². The molecular weight excluding hydrogens is 302 g/mol. The first-order valence-corrected chi connectivity index (χ1v) is 7.25. The fourth-order valence-corrected chi connectivity index (χ4v) is 2.59. The van der Waals surface area contributed by atoms with Crippen molar-refractivity contribution in [3.63, 3.8) is 0 Å². The third kappa shape index (κ3) is 2.78. The van der Waals surface area contributed by atoms with Crippen LogP contribution in [-0.2, 0) is 13.2 Å². The van der Waals surface area contributed by atoms with Crippen LogP contribution in [0.4, 0.5) is 14.6 Å². The van der Waals surface area contributed by atoms with Crippen molar-refractivity contribution in [2.45, 2.75) is 32.5 Å². The molecule has 0 saturated carbocycles. The lowest BCUT2D eigenvalue weighted by Gasteiger charge is -2.28. The van der Waals surface area contributed by atoms with Crippen LogP contribution in [0.25, 0.3) is 0 Å². The first-order valence-electron chi connectivity index (χ1n) is 7.25. The van der Waals surface area contributed by atoms with Gasteiger partial charge in [0.15, 0.2) is 11.6 Å². The standard InChI is InChI=1S/C16H18F2N4O/c1-16(2)9-22-14(21(16)3)7-13(20-15(22)19)23-8-10-4-5-11(17)12(18)6-10/h4-7,19H,8-9H2,1-3H3. The molecule has 7 heteroatoms. The van der Waals surface area contributed by atoms with Crippen LogP contribution in [0.2, 0.25) is 0 Å². The van der Waals surface area contributed by atoms with Gasteiger partial charge in [0.25, 0.3) is 0 Å². The lowest BCUT2D eigenvalue weighted by atomic mass is 10.1. The zero-order valence-electron chi connectivity index (χ0n) is 13.2. The van der Waals surface area contributed by atoms with Gasteiger partial charge >= 0.3 is 0 Å². The van der Waals surface area contributed by atoms with E-state index in [4.69, 9.17) is 10.1 Å². The van der Waals surface area contributed by atoms with E-state index >= 15 is 0 Å². The molecule has 2 aromatic rings. The first-order chi connectivity index (χ1) is 10.8. The molecule has 1 N–H and O–H groups in total. The van der Waals surface area contributed by atoms with Crippen LogP contribution in [0.5, 0.6) is 5.88 Å². The van der Waals surface area contributed by atoms with Crippen molar-refractivity contribution < 1.29 is 13.5 Å². The second-order valence-electron chi connectivity index (χ2n) is 6.27. The van der Waals surface area contributed by atoms with Crippen molar-refractivity contribution in [2.24, 2.45) is 0 Å². The highest BCUT2D eigenvalue weighted by Gasteiger charge is 2.34. The van der Waals surface area contributed by atoms with Crippen molar-refractivity contribution >= 4 is 5.82 Å². The van der Waals surface area contributed by atoms with Gasteiger partial charge in [0, 0.05) is 13.1 Å². The Morgan fingerprint density at radius 3 is 2.70 bits per heavy atom. The molecule has 3 rings (SSSR count). The Hall–Kier alpha value is -2.44. The summed E-state index contributed by atoms with van der Waals surface area (Å²) in [6, 6.07) is 5.37. The predicted molar refractivity (Wildman–Crippen MR) is 81.3 cm³/mol. The summed E-state index contributed by atoms with van der Waals surface area (Å²) >= 11 is 0. The molecular formula is C16H18F2N4O. The lowest BCUT2D eigenvalue weighted by Crippen LogP contribution is -2.38. The number of rotatable bonds is 3. The maximum absolute atomic E-state index is 13.2. The van der Waals surface area contributed by atoms with E-state index in [2.05, 4.69) is 23.7 Å². The molecule has 0 bridgehead atoms. The molecule has 0 atom stereocenters. The predicted octanol–water partition coefficient (Wildman–Crippen LogP) is 2.45. The van der Waals surface area contributed by atoms with Crippen molar-refractivity contribution in [1.29, 1.82) is 5.41 Å². The summed E-state index contributed by atoms with van der Waals surface area (Å²) in [5.41, 5.74) is 0.502. The van der Waals surface area contributed by atoms with Gasteiger partial charge in [0.05, 0.1) is 12.1 Å². The van der Waals surface area contributed by atoms with E-state index in [0.717, 1.165) is 18.0 Å². The molecule has 23 heavy (non-hydrogen) atoms. The Labute approximate surface area is 132 Å². The van der Waals surface area contributed by atoms with Gasteiger partial charge in [-0.15, -0.1) is 0 Å². The van der Waals surface area contributed by atoms with Crippen molar-refractivity contribution in [3.8, 4) is 5.88 Å². The molecule has 2 heterocycles. The van der Waals surface area contributed by atoms with Gasteiger partial charge in [-0.05, 0) is 31.5 Å². The van der Waals surface area contributed by atoms with Gasteiger partial charge in [-0.3, -0.25) is 9.98 Å². The maximum atomic E-state index is 13.2. The van der Waals surface area contributed by atoms with E-state index < -0.39 is 11.6 Å². The zero-order valence-corrected chi connectivity index (χ0v) is 13.2. The first kappa shape index (κ1) is 15.5. The van der Waals surface area contributed by atoms with Crippen LogP contribution >= 0.6 is 0 Å². The Morgan fingerprint density at radius 2 is 2.00 bits per heavy atom. The monoisotopic (exact) mass is 320 g/mol. The summed E-state index contributed by atoms with van der Waals surface area (Å²) in [5, 5.41) is 8.04. The van der Waals surface area contributed by atoms with Crippen LogP contribution in [0.15, 0.2) is 24.3 Å². The second-order valence-corrected chi connectivity index (χ2v) is 6.27. The number of hydrogen-bond acceptors (Lipinski definition) is 4. The zero-order chi connectivity index (χ0) is 16.8. The molecule has 1 aromatic heterocycles. The molecule has 0 unspecified atom stereocenters. The molecule has 0 aliphatic carbocycles. The summed E-state index contributed by atoms with van der Waals surface area (Å²) in [5.74, 6) is -0.671. The molecule has 122 valence electrons. The Kier molecular flexibility index (Phi) is 3.58. The van der Waals surface area contributed by atoms with Gasteiger partial charge in [0.1, 0.15) is 12.4 Å². The van der Waals surface area contributed by atoms with E-state index in [1.165, 1.54) is 6.07 Å².